The molecule has 2 aliphatic rings. The maximum absolute atomic E-state index is 13.9. The fourth-order valence-corrected chi connectivity index (χ4v) is 7.63. The number of aliphatic hydroxyl groups excluding tert-OH is 1. The number of hydrogen-bond donors (Lipinski definition) is 1. The maximum Gasteiger partial charge on any atom is 0.166 e. The number of alkyl halides is 2. The van der Waals surface area contributed by atoms with E-state index in [1.54, 1.807) is 0 Å². The molecule has 0 saturated heterocycles. The van der Waals surface area contributed by atoms with Gasteiger partial charge in [0.2, 0.25) is 0 Å². The number of aliphatic hydroxyl groups is 1. The Morgan fingerprint density at radius 1 is 0.686 bits per heavy atom. The Hall–Kier alpha value is -1.77. The maximum atomic E-state index is 13.9. The number of Topliss-reactive ketones (excluding diaryl/α,β-unsaturated/α-hetero) is 6. The molecule has 0 aromatic carbocycles. The van der Waals surface area contributed by atoms with Crippen molar-refractivity contribution in [3.63, 3.8) is 0 Å². The van der Waals surface area contributed by atoms with E-state index in [2.05, 4.69) is 23.3 Å². The molecule has 9 atom stereocenters. The minimum absolute atomic E-state index is 0. The highest BCUT2D eigenvalue weighted by molar-refractivity contribution is 7.09. The van der Waals surface area contributed by atoms with E-state index in [0.717, 1.165) is 51.4 Å². The van der Waals surface area contributed by atoms with Crippen molar-refractivity contribution in [2.24, 2.45) is 23.7 Å². The third-order valence-corrected chi connectivity index (χ3v) is 11.0. The van der Waals surface area contributed by atoms with E-state index >= 15 is 0 Å². The molecule has 0 spiro atoms. The number of carbonyl (C=O) groups excluding carboxylic acids is 6. The molecule has 2 fully saturated rings. The standard InChI is InChI=1S/C20H34FO4P.C20H33FO4.H2/c1-3-5-7-8-14(22)12-16-15(20(25-26)13-19(16)24)10-11-18(23)17(21)9-6-4-2;1-3-5-7-8-14(22)12-16-15(19(24)13-20(16)25)10-11-18(23)17(21)9-6-4-2;/h15-17,20H,3-13,26H2,1-2H3;15-17,19,24H,3-13H2,1-2H3;1H/t15-,16?,17?,20?;15-,16?,17?,19?;/m11./s1/i;;1+2. The van der Waals surface area contributed by atoms with Crippen molar-refractivity contribution < 1.29 is 48.6 Å². The molecule has 11 heteroatoms. The van der Waals surface area contributed by atoms with Crippen LogP contribution in [-0.2, 0) is 33.3 Å². The van der Waals surface area contributed by atoms with Gasteiger partial charge in [-0.2, -0.15) is 0 Å². The summed E-state index contributed by atoms with van der Waals surface area (Å²) in [5, 5.41) is 10.1. The predicted octanol–water partition coefficient (Wildman–Crippen LogP) is 9.00. The molecular formula is C40H69F2O8P. The second kappa shape index (κ2) is 26.9. The minimum Gasteiger partial charge on any atom is -0.392 e. The summed E-state index contributed by atoms with van der Waals surface area (Å²) in [5.74, 6) is -2.25. The number of rotatable bonds is 27. The Morgan fingerprint density at radius 2 is 1.10 bits per heavy atom. The molecule has 0 aromatic heterocycles. The summed E-state index contributed by atoms with van der Waals surface area (Å²) in [6.07, 6.45) is 7.78. The second-order valence-electron chi connectivity index (χ2n) is 14.8. The fraction of sp³-hybridized carbons (Fsp3) is 0.850. The minimum atomic E-state index is -1.46. The van der Waals surface area contributed by atoms with Gasteiger partial charge in [0.25, 0.3) is 0 Å². The van der Waals surface area contributed by atoms with Crippen LogP contribution in [0.5, 0.6) is 0 Å². The molecule has 0 radical (unpaired) electrons. The first-order valence-electron chi connectivity index (χ1n) is 19.8. The highest BCUT2D eigenvalue weighted by Crippen LogP contribution is 2.39. The average molecular weight is 749 g/mol. The Morgan fingerprint density at radius 3 is 1.53 bits per heavy atom. The Bertz CT molecular complexity index is 1090. The number of halogens is 2. The van der Waals surface area contributed by atoms with Crippen LogP contribution < -0.4 is 0 Å². The van der Waals surface area contributed by atoms with Crippen molar-refractivity contribution in [1.29, 1.82) is 0 Å². The Balaban J connectivity index is 0.000000982. The van der Waals surface area contributed by atoms with Crippen LogP contribution in [0.25, 0.3) is 0 Å². The lowest BCUT2D eigenvalue weighted by atomic mass is 9.84. The zero-order chi connectivity index (χ0) is 38.3. The molecule has 2 saturated carbocycles. The van der Waals surface area contributed by atoms with Gasteiger partial charge in [-0.25, -0.2) is 8.78 Å². The van der Waals surface area contributed by atoms with Crippen molar-refractivity contribution in [3.05, 3.63) is 0 Å². The van der Waals surface area contributed by atoms with Crippen molar-refractivity contribution in [2.45, 2.75) is 194 Å². The van der Waals surface area contributed by atoms with Crippen LogP contribution in [0.1, 0.15) is 170 Å². The van der Waals surface area contributed by atoms with E-state index in [0.29, 0.717) is 32.1 Å². The first-order valence-corrected chi connectivity index (χ1v) is 20.3. The van der Waals surface area contributed by atoms with Gasteiger partial charge in [0.1, 0.15) is 23.1 Å². The Kier molecular flexibility index (Phi) is 24.9. The van der Waals surface area contributed by atoms with E-state index in [4.69, 9.17) is 4.52 Å². The average Bonchev–Trinajstić information content (AvgIpc) is 3.55. The van der Waals surface area contributed by atoms with Crippen LogP contribution in [0.4, 0.5) is 8.78 Å². The normalized spacial score (nSPS) is 24.2. The third-order valence-electron chi connectivity index (χ3n) is 10.6. The molecule has 51 heavy (non-hydrogen) atoms. The number of hydrogen-bond acceptors (Lipinski definition) is 8. The summed E-state index contributed by atoms with van der Waals surface area (Å²) in [6, 6.07) is 0. The molecular weight excluding hydrogens is 677 g/mol. The first kappa shape index (κ1) is 47.3. The zero-order valence-corrected chi connectivity index (χ0v) is 33.0. The van der Waals surface area contributed by atoms with Crippen LogP contribution in [-0.4, -0.2) is 64.4 Å². The second-order valence-corrected chi connectivity index (χ2v) is 15.0. The topological polar surface area (TPSA) is 132 Å². The van der Waals surface area contributed by atoms with Gasteiger partial charge in [0.05, 0.1) is 12.2 Å². The summed E-state index contributed by atoms with van der Waals surface area (Å²) in [7, 11) is 2.18. The molecule has 0 aliphatic heterocycles. The Labute approximate surface area is 309 Å². The lowest BCUT2D eigenvalue weighted by Gasteiger charge is -2.22. The monoisotopic (exact) mass is 748 g/mol. The predicted molar refractivity (Wildman–Crippen MR) is 201 cm³/mol. The van der Waals surface area contributed by atoms with Gasteiger partial charge in [-0.05, 0) is 50.4 Å². The van der Waals surface area contributed by atoms with Gasteiger partial charge in [0, 0.05) is 74.1 Å². The van der Waals surface area contributed by atoms with E-state index in [1.165, 1.54) is 0 Å². The van der Waals surface area contributed by atoms with Gasteiger partial charge in [-0.15, -0.1) is 0 Å². The molecule has 2 aliphatic carbocycles. The van der Waals surface area contributed by atoms with E-state index in [-0.39, 0.29) is 94.4 Å². The van der Waals surface area contributed by atoms with Crippen molar-refractivity contribution in [3.8, 4) is 0 Å². The molecule has 8 nitrogen and oxygen atoms in total. The lowest BCUT2D eigenvalue weighted by Crippen LogP contribution is -2.26. The van der Waals surface area contributed by atoms with Crippen LogP contribution in [0, 0.1) is 23.7 Å². The summed E-state index contributed by atoms with van der Waals surface area (Å²) in [4.78, 5) is 72.6. The molecule has 0 heterocycles. The lowest BCUT2D eigenvalue weighted by molar-refractivity contribution is -0.127. The summed E-state index contributed by atoms with van der Waals surface area (Å²) < 4.78 is 33.0. The van der Waals surface area contributed by atoms with Crippen LogP contribution >= 0.6 is 9.47 Å². The quantitative estimate of drug-likeness (QED) is 0.0651. The largest absolute Gasteiger partial charge is 0.392 e. The smallest absolute Gasteiger partial charge is 0.166 e. The van der Waals surface area contributed by atoms with E-state index in [1.807, 2.05) is 13.8 Å². The fourth-order valence-electron chi connectivity index (χ4n) is 7.33. The van der Waals surface area contributed by atoms with Crippen molar-refractivity contribution in [1.82, 2.24) is 0 Å². The summed E-state index contributed by atoms with van der Waals surface area (Å²) >= 11 is 0. The highest BCUT2D eigenvalue weighted by atomic mass is 31.0. The van der Waals surface area contributed by atoms with E-state index < -0.39 is 47.8 Å². The van der Waals surface area contributed by atoms with Crippen molar-refractivity contribution >= 4 is 44.2 Å². The van der Waals surface area contributed by atoms with Crippen molar-refractivity contribution in [2.75, 3.05) is 0 Å². The van der Waals surface area contributed by atoms with Crippen LogP contribution in [0.2, 0.25) is 0 Å². The van der Waals surface area contributed by atoms with Gasteiger partial charge in [0.15, 0.2) is 23.9 Å². The molecule has 0 bridgehead atoms. The summed E-state index contributed by atoms with van der Waals surface area (Å²) in [6.45, 7) is 8.05. The number of ketones is 6. The van der Waals surface area contributed by atoms with Gasteiger partial charge in [-0.3, -0.25) is 28.8 Å². The van der Waals surface area contributed by atoms with Crippen LogP contribution in [0.15, 0.2) is 0 Å². The highest BCUT2D eigenvalue weighted by Gasteiger charge is 2.44. The van der Waals surface area contributed by atoms with E-state index in [9.17, 15) is 42.7 Å². The number of unbranched alkanes of at least 4 members (excludes halogenated alkanes) is 6. The molecule has 0 aromatic rings. The summed E-state index contributed by atoms with van der Waals surface area (Å²) in [5.41, 5.74) is 0. The third kappa shape index (κ3) is 17.7. The molecule has 0 amide bonds. The zero-order valence-electron chi connectivity index (χ0n) is 31.8. The SMILES string of the molecule is CCCCCC(=O)CC1C(=O)CC(O)[C@@H]1CCC(=O)C(F)CCCC.CCCCCC(=O)CC1C(=O)CC(OP)[C@@H]1CCC(=O)C(F)CCCC.[3HH]. The number of carbonyl (C=O) groups is 6. The first-order chi connectivity index (χ1) is 24.3. The molecule has 7 unspecified atom stereocenters. The molecule has 2 rings (SSSR count). The van der Waals surface area contributed by atoms with Gasteiger partial charge >= 0.3 is 0 Å². The van der Waals surface area contributed by atoms with Crippen LogP contribution in [0.3, 0.4) is 0 Å². The molecule has 296 valence electrons. The van der Waals surface area contributed by atoms with Gasteiger partial charge < -0.3 is 9.63 Å². The molecule has 1 N–H and O–H groups in total. The van der Waals surface area contributed by atoms with Gasteiger partial charge in [-0.1, -0.05) is 79.1 Å².